The van der Waals surface area contributed by atoms with Gasteiger partial charge in [-0.2, -0.15) is 0 Å². The van der Waals surface area contributed by atoms with Gasteiger partial charge in [-0.05, 0) is 57.2 Å². The molecular weight excluding hydrogens is 295 g/mol. The molecule has 0 amide bonds. The zero-order chi connectivity index (χ0) is 16.6. The minimum atomic E-state index is -0.542. The number of benzene rings is 1. The number of ether oxygens (including phenoxy) is 1. The summed E-state index contributed by atoms with van der Waals surface area (Å²) in [5, 5.41) is 2.94. The fraction of sp³-hybridized carbons (Fsp3) is 0.500. The highest BCUT2D eigenvalue weighted by molar-refractivity contribution is 5.34. The summed E-state index contributed by atoms with van der Waals surface area (Å²) in [5.41, 5.74) is 2.59. The Hall–Kier alpha value is -1.88. The highest BCUT2D eigenvalue weighted by atomic mass is 19.1. The van der Waals surface area contributed by atoms with Gasteiger partial charge in [0.2, 0.25) is 0 Å². The number of halogens is 1. The molecule has 1 aromatic heterocycles. The quantitative estimate of drug-likeness (QED) is 0.912. The standard InChI is InChI=1S/C18H23FN2O2/c1-4-23-17(13-9-8-11(2)15(19)10-13)16-12(3)21(20-18(16)22)14-6-5-7-14/h8-10,14,17H,4-7H2,1-3H3,(H,20,22). The average molecular weight is 318 g/mol. The molecular formula is C18H23FN2O2. The van der Waals surface area contributed by atoms with Crippen LogP contribution >= 0.6 is 0 Å². The maximum atomic E-state index is 13.9. The first kappa shape index (κ1) is 16.0. The molecule has 0 aliphatic heterocycles. The highest BCUT2D eigenvalue weighted by Gasteiger charge is 2.28. The molecule has 2 aromatic rings. The zero-order valence-electron chi connectivity index (χ0n) is 13.9. The smallest absolute Gasteiger partial charge is 0.270 e. The van der Waals surface area contributed by atoms with Crippen molar-refractivity contribution in [1.29, 1.82) is 0 Å². The molecule has 1 aromatic carbocycles. The molecule has 0 saturated heterocycles. The Kier molecular flexibility index (Phi) is 4.39. The van der Waals surface area contributed by atoms with E-state index in [9.17, 15) is 9.18 Å². The minimum absolute atomic E-state index is 0.145. The lowest BCUT2D eigenvalue weighted by Crippen LogP contribution is -2.20. The van der Waals surface area contributed by atoms with Crippen LogP contribution in [0.1, 0.15) is 60.7 Å². The molecule has 1 atom stereocenters. The molecule has 4 nitrogen and oxygen atoms in total. The van der Waals surface area contributed by atoms with Gasteiger partial charge in [0.25, 0.3) is 5.56 Å². The summed E-state index contributed by atoms with van der Waals surface area (Å²) in [5.74, 6) is -0.278. The lowest BCUT2D eigenvalue weighted by Gasteiger charge is -2.28. The fourth-order valence-electron chi connectivity index (χ4n) is 3.15. The van der Waals surface area contributed by atoms with Crippen molar-refractivity contribution in [2.24, 2.45) is 0 Å². The van der Waals surface area contributed by atoms with Gasteiger partial charge < -0.3 is 4.74 Å². The summed E-state index contributed by atoms with van der Waals surface area (Å²) < 4.78 is 21.7. The van der Waals surface area contributed by atoms with E-state index in [1.165, 1.54) is 12.5 Å². The van der Waals surface area contributed by atoms with Crippen molar-refractivity contribution < 1.29 is 9.13 Å². The second kappa shape index (κ2) is 6.32. The SMILES string of the molecule is CCOC(c1ccc(C)c(F)c1)c1c(C)n(C2CCC2)[nH]c1=O. The Balaban J connectivity index is 2.05. The molecule has 1 saturated carbocycles. The predicted octanol–water partition coefficient (Wildman–Crippen LogP) is 3.78. The number of nitrogens with one attached hydrogen (secondary N) is 1. The van der Waals surface area contributed by atoms with Gasteiger partial charge in [-0.1, -0.05) is 12.1 Å². The number of aromatic amines is 1. The molecule has 1 N–H and O–H groups in total. The molecule has 1 aliphatic rings. The van der Waals surface area contributed by atoms with Crippen molar-refractivity contribution in [2.45, 2.75) is 52.2 Å². The number of aryl methyl sites for hydroxylation is 1. The Labute approximate surface area is 135 Å². The molecule has 1 fully saturated rings. The number of nitrogens with zero attached hydrogens (tertiary/aromatic N) is 1. The van der Waals surface area contributed by atoms with Crippen molar-refractivity contribution in [3.05, 3.63) is 56.8 Å². The number of H-pyrrole nitrogens is 1. The third-order valence-electron chi connectivity index (χ3n) is 4.75. The predicted molar refractivity (Wildman–Crippen MR) is 87.3 cm³/mol. The van der Waals surface area contributed by atoms with Crippen molar-refractivity contribution >= 4 is 0 Å². The summed E-state index contributed by atoms with van der Waals surface area (Å²) in [6.45, 7) is 5.99. The second-order valence-electron chi connectivity index (χ2n) is 6.24. The van der Waals surface area contributed by atoms with Crippen LogP contribution in [0, 0.1) is 19.7 Å². The Morgan fingerprint density at radius 1 is 1.39 bits per heavy atom. The number of hydrogen-bond donors (Lipinski definition) is 1. The van der Waals surface area contributed by atoms with Gasteiger partial charge in [0.1, 0.15) is 11.9 Å². The van der Waals surface area contributed by atoms with E-state index in [-0.39, 0.29) is 11.4 Å². The van der Waals surface area contributed by atoms with E-state index in [0.29, 0.717) is 29.3 Å². The van der Waals surface area contributed by atoms with Crippen LogP contribution in [-0.4, -0.2) is 16.4 Å². The second-order valence-corrected chi connectivity index (χ2v) is 6.24. The topological polar surface area (TPSA) is 47.0 Å². The van der Waals surface area contributed by atoms with Gasteiger partial charge in [0.05, 0.1) is 11.6 Å². The fourth-order valence-corrected chi connectivity index (χ4v) is 3.15. The van der Waals surface area contributed by atoms with Gasteiger partial charge >= 0.3 is 0 Å². The molecule has 1 unspecified atom stereocenters. The molecule has 0 spiro atoms. The average Bonchev–Trinajstić information content (AvgIpc) is 2.73. The first-order valence-electron chi connectivity index (χ1n) is 8.21. The van der Waals surface area contributed by atoms with E-state index in [1.807, 2.05) is 24.6 Å². The maximum absolute atomic E-state index is 13.9. The molecule has 0 bridgehead atoms. The Bertz CT molecular complexity index is 759. The molecule has 23 heavy (non-hydrogen) atoms. The Morgan fingerprint density at radius 2 is 2.13 bits per heavy atom. The monoisotopic (exact) mass is 318 g/mol. The number of hydrogen-bond acceptors (Lipinski definition) is 2. The molecule has 5 heteroatoms. The Morgan fingerprint density at radius 3 is 2.70 bits per heavy atom. The van der Waals surface area contributed by atoms with Crippen LogP contribution in [0.15, 0.2) is 23.0 Å². The lowest BCUT2D eigenvalue weighted by molar-refractivity contribution is 0.0898. The first-order valence-corrected chi connectivity index (χ1v) is 8.21. The van der Waals surface area contributed by atoms with E-state index in [0.717, 1.165) is 18.5 Å². The van der Waals surface area contributed by atoms with E-state index in [2.05, 4.69) is 5.10 Å². The number of rotatable bonds is 5. The van der Waals surface area contributed by atoms with Crippen LogP contribution in [0.25, 0.3) is 0 Å². The largest absolute Gasteiger partial charge is 0.369 e. The minimum Gasteiger partial charge on any atom is -0.369 e. The normalized spacial score (nSPS) is 16.3. The van der Waals surface area contributed by atoms with Crippen LogP contribution in [0.5, 0.6) is 0 Å². The summed E-state index contributed by atoms with van der Waals surface area (Å²) >= 11 is 0. The molecule has 0 radical (unpaired) electrons. The van der Waals surface area contributed by atoms with E-state index < -0.39 is 6.10 Å². The number of aromatic nitrogens is 2. The molecule has 1 aliphatic carbocycles. The van der Waals surface area contributed by atoms with E-state index in [1.54, 1.807) is 13.0 Å². The van der Waals surface area contributed by atoms with Gasteiger partial charge in [0, 0.05) is 12.3 Å². The maximum Gasteiger partial charge on any atom is 0.270 e. The molecule has 3 rings (SSSR count). The lowest BCUT2D eigenvalue weighted by atomic mass is 9.93. The van der Waals surface area contributed by atoms with Gasteiger partial charge in [-0.3, -0.25) is 14.6 Å². The van der Waals surface area contributed by atoms with Crippen LogP contribution in [0.3, 0.4) is 0 Å². The summed E-state index contributed by atoms with van der Waals surface area (Å²) in [6.07, 6.45) is 2.82. The van der Waals surface area contributed by atoms with Gasteiger partial charge in [0.15, 0.2) is 0 Å². The zero-order valence-corrected chi connectivity index (χ0v) is 13.9. The van der Waals surface area contributed by atoms with Crippen molar-refractivity contribution in [1.82, 2.24) is 9.78 Å². The van der Waals surface area contributed by atoms with Crippen LogP contribution in [0.2, 0.25) is 0 Å². The van der Waals surface area contributed by atoms with Crippen molar-refractivity contribution in [3.8, 4) is 0 Å². The van der Waals surface area contributed by atoms with Crippen LogP contribution in [-0.2, 0) is 4.74 Å². The first-order chi connectivity index (χ1) is 11.0. The third-order valence-corrected chi connectivity index (χ3v) is 4.75. The summed E-state index contributed by atoms with van der Waals surface area (Å²) in [4.78, 5) is 12.5. The van der Waals surface area contributed by atoms with Gasteiger partial charge in [-0.25, -0.2) is 4.39 Å². The van der Waals surface area contributed by atoms with E-state index in [4.69, 9.17) is 4.74 Å². The van der Waals surface area contributed by atoms with Crippen LogP contribution < -0.4 is 5.56 Å². The van der Waals surface area contributed by atoms with Crippen molar-refractivity contribution in [2.75, 3.05) is 6.61 Å². The third kappa shape index (κ3) is 2.85. The van der Waals surface area contributed by atoms with Gasteiger partial charge in [-0.15, -0.1) is 0 Å². The molecule has 124 valence electrons. The van der Waals surface area contributed by atoms with Crippen LogP contribution in [0.4, 0.5) is 4.39 Å². The summed E-state index contributed by atoms with van der Waals surface area (Å²) in [6, 6.07) is 5.39. The molecule has 1 heterocycles. The van der Waals surface area contributed by atoms with Crippen molar-refractivity contribution in [3.63, 3.8) is 0 Å². The van der Waals surface area contributed by atoms with E-state index >= 15 is 0 Å². The summed E-state index contributed by atoms with van der Waals surface area (Å²) in [7, 11) is 0. The highest BCUT2D eigenvalue weighted by Crippen LogP contribution is 2.34.